The van der Waals surface area contributed by atoms with Crippen molar-refractivity contribution in [2.75, 3.05) is 6.16 Å². The fourth-order valence-electron chi connectivity index (χ4n) is 5.55. The summed E-state index contributed by atoms with van der Waals surface area (Å²) in [5.74, 6) is -0.153. The summed E-state index contributed by atoms with van der Waals surface area (Å²) in [4.78, 5) is 12.4. The standard InChI is InChI=1S/C33H37O2P/c1-25(20-21-30-26(2)32(35)31(34)24-33(30,3)4)22-23-36(27-14-8-5-9-15-27,28-16-10-6-11-17-28)29-18-12-7-13-19-29/h5-22,31,34,36H,23-24H2,1-4H3/b21-20+,25-22+. The van der Waals surface area contributed by atoms with Crippen LogP contribution in [0.2, 0.25) is 0 Å². The SMILES string of the molecule is CC1=C(/C=C/C(C)=C/C[PH](c2ccccc2)(c2ccccc2)c2ccccc2)C(C)(C)CC(O)C1=O. The fraction of sp³-hybridized carbons (Fsp3) is 0.242. The molecule has 4 rings (SSSR count). The third-order valence-corrected chi connectivity index (χ3v) is 12.3. The molecule has 0 saturated heterocycles. The number of carbonyl (C=O) groups is 1. The molecule has 0 spiro atoms. The minimum atomic E-state index is -2.33. The summed E-state index contributed by atoms with van der Waals surface area (Å²) >= 11 is 0. The van der Waals surface area contributed by atoms with Crippen LogP contribution in [-0.2, 0) is 4.79 Å². The molecule has 3 heteroatoms. The molecular formula is C33H37O2P. The first-order valence-corrected chi connectivity index (χ1v) is 14.9. The summed E-state index contributed by atoms with van der Waals surface area (Å²) < 4.78 is 0. The molecule has 3 aromatic carbocycles. The van der Waals surface area contributed by atoms with Crippen molar-refractivity contribution in [3.8, 4) is 0 Å². The van der Waals surface area contributed by atoms with E-state index in [9.17, 15) is 9.90 Å². The molecule has 1 N–H and O–H groups in total. The average molecular weight is 497 g/mol. The van der Waals surface area contributed by atoms with Gasteiger partial charge in [0, 0.05) is 0 Å². The Morgan fingerprint density at radius 2 is 1.33 bits per heavy atom. The zero-order valence-electron chi connectivity index (χ0n) is 21.7. The van der Waals surface area contributed by atoms with Gasteiger partial charge in [-0.25, -0.2) is 0 Å². The molecule has 3 aromatic rings. The van der Waals surface area contributed by atoms with Gasteiger partial charge in [0.25, 0.3) is 0 Å². The van der Waals surface area contributed by atoms with Gasteiger partial charge in [-0.05, 0) is 0 Å². The molecule has 0 saturated carbocycles. The van der Waals surface area contributed by atoms with Gasteiger partial charge in [0.15, 0.2) is 0 Å². The molecule has 0 aromatic heterocycles. The first-order valence-electron chi connectivity index (χ1n) is 12.7. The zero-order valence-corrected chi connectivity index (χ0v) is 22.7. The van der Waals surface area contributed by atoms with Crippen LogP contribution in [0.4, 0.5) is 0 Å². The summed E-state index contributed by atoms with van der Waals surface area (Å²) in [7, 11) is -2.33. The predicted molar refractivity (Wildman–Crippen MR) is 156 cm³/mol. The van der Waals surface area contributed by atoms with Crippen LogP contribution in [0, 0.1) is 5.41 Å². The Kier molecular flexibility index (Phi) is 7.88. The van der Waals surface area contributed by atoms with Crippen molar-refractivity contribution in [1.82, 2.24) is 0 Å². The molecule has 0 radical (unpaired) electrons. The number of aliphatic hydroxyl groups excluding tert-OH is 1. The Hall–Kier alpha value is -3.06. The van der Waals surface area contributed by atoms with E-state index in [2.05, 4.69) is 130 Å². The summed E-state index contributed by atoms with van der Waals surface area (Å²) in [6, 6.07) is 32.8. The van der Waals surface area contributed by atoms with E-state index in [0.717, 1.165) is 11.7 Å². The first kappa shape index (κ1) is 26.0. The van der Waals surface area contributed by atoms with Crippen LogP contribution >= 0.6 is 7.26 Å². The summed E-state index contributed by atoms with van der Waals surface area (Å²) in [5.41, 5.74) is 2.61. The second-order valence-electron chi connectivity index (χ2n) is 10.5. The molecule has 1 atom stereocenters. The van der Waals surface area contributed by atoms with Gasteiger partial charge in [-0.2, -0.15) is 0 Å². The van der Waals surface area contributed by atoms with Crippen LogP contribution in [0.5, 0.6) is 0 Å². The molecule has 1 unspecified atom stereocenters. The van der Waals surface area contributed by atoms with Gasteiger partial charge >= 0.3 is 217 Å². The van der Waals surface area contributed by atoms with E-state index in [1.165, 1.54) is 21.5 Å². The van der Waals surface area contributed by atoms with Gasteiger partial charge in [0.05, 0.1) is 0 Å². The van der Waals surface area contributed by atoms with Crippen molar-refractivity contribution in [1.29, 1.82) is 0 Å². The van der Waals surface area contributed by atoms with Crippen LogP contribution < -0.4 is 15.9 Å². The monoisotopic (exact) mass is 496 g/mol. The van der Waals surface area contributed by atoms with E-state index in [4.69, 9.17) is 0 Å². The van der Waals surface area contributed by atoms with Crippen molar-refractivity contribution < 1.29 is 9.90 Å². The van der Waals surface area contributed by atoms with Crippen molar-refractivity contribution in [3.63, 3.8) is 0 Å². The molecule has 1 aliphatic rings. The van der Waals surface area contributed by atoms with Gasteiger partial charge < -0.3 is 0 Å². The molecule has 0 fully saturated rings. The Morgan fingerprint density at radius 1 is 0.889 bits per heavy atom. The van der Waals surface area contributed by atoms with Gasteiger partial charge in [-0.3, -0.25) is 0 Å². The normalized spacial score (nSPS) is 19.1. The van der Waals surface area contributed by atoms with Crippen molar-refractivity contribution >= 4 is 29.0 Å². The van der Waals surface area contributed by atoms with Crippen LogP contribution in [-0.4, -0.2) is 23.2 Å². The number of benzene rings is 3. The van der Waals surface area contributed by atoms with Gasteiger partial charge in [0.2, 0.25) is 0 Å². The van der Waals surface area contributed by atoms with Gasteiger partial charge in [0.1, 0.15) is 0 Å². The third kappa shape index (κ3) is 5.21. The molecular weight excluding hydrogens is 459 g/mol. The Balaban J connectivity index is 1.77. The fourth-order valence-corrected chi connectivity index (χ4v) is 10.2. The zero-order chi connectivity index (χ0) is 25.8. The van der Waals surface area contributed by atoms with Gasteiger partial charge in [-0.1, -0.05) is 0 Å². The van der Waals surface area contributed by atoms with E-state index >= 15 is 0 Å². The maximum atomic E-state index is 12.4. The molecule has 36 heavy (non-hydrogen) atoms. The second-order valence-corrected chi connectivity index (χ2v) is 14.4. The quantitative estimate of drug-likeness (QED) is 0.327. The number of carbonyl (C=O) groups excluding carboxylic acids is 1. The number of ketones is 1. The van der Waals surface area contributed by atoms with Crippen molar-refractivity contribution in [2.24, 2.45) is 5.41 Å². The molecule has 2 nitrogen and oxygen atoms in total. The molecule has 0 aliphatic heterocycles. The van der Waals surface area contributed by atoms with Crippen LogP contribution in [0.3, 0.4) is 0 Å². The van der Waals surface area contributed by atoms with Crippen LogP contribution in [0.15, 0.2) is 126 Å². The van der Waals surface area contributed by atoms with E-state index in [1.54, 1.807) is 0 Å². The number of allylic oxidation sites excluding steroid dienone is 5. The summed E-state index contributed by atoms with van der Waals surface area (Å²) in [6.07, 6.45) is 7.06. The molecule has 1 aliphatic carbocycles. The minimum absolute atomic E-state index is 0.153. The third-order valence-electron chi connectivity index (χ3n) is 7.55. The van der Waals surface area contributed by atoms with Crippen molar-refractivity contribution in [2.45, 2.75) is 40.2 Å². The van der Waals surface area contributed by atoms with Gasteiger partial charge in [-0.15, -0.1) is 0 Å². The predicted octanol–water partition coefficient (Wildman–Crippen LogP) is 5.89. The van der Waals surface area contributed by atoms with Crippen LogP contribution in [0.25, 0.3) is 0 Å². The molecule has 186 valence electrons. The van der Waals surface area contributed by atoms with E-state index in [1.807, 2.05) is 6.92 Å². The van der Waals surface area contributed by atoms with E-state index in [-0.39, 0.29) is 11.2 Å². The number of aliphatic hydroxyl groups is 1. The first-order chi connectivity index (χ1) is 17.3. The summed E-state index contributed by atoms with van der Waals surface area (Å²) in [6.45, 7) is 8.18. The second kappa shape index (κ2) is 10.9. The van der Waals surface area contributed by atoms with Crippen molar-refractivity contribution in [3.05, 3.63) is 126 Å². The Bertz CT molecular complexity index is 1190. The average Bonchev–Trinajstić information content (AvgIpc) is 2.89. The Labute approximate surface area is 216 Å². The molecule has 0 bridgehead atoms. The topological polar surface area (TPSA) is 37.3 Å². The Morgan fingerprint density at radius 3 is 1.78 bits per heavy atom. The summed E-state index contributed by atoms with van der Waals surface area (Å²) in [5, 5.41) is 14.3. The van der Waals surface area contributed by atoms with E-state index < -0.39 is 13.4 Å². The number of hydrogen-bond acceptors (Lipinski definition) is 2. The number of hydrogen-bond donors (Lipinski definition) is 1. The maximum absolute atomic E-state index is 12.4. The molecule has 0 amide bonds. The number of Topliss-reactive ketones (excluding diaryl/α,β-unsaturated/α-hetero) is 1. The number of rotatable bonds is 7. The van der Waals surface area contributed by atoms with Crippen LogP contribution in [0.1, 0.15) is 34.1 Å². The van der Waals surface area contributed by atoms with E-state index in [0.29, 0.717) is 12.0 Å². The molecule has 0 heterocycles.